The monoisotopic (exact) mass is 291 g/mol. The predicted octanol–water partition coefficient (Wildman–Crippen LogP) is 2.25. The van der Waals surface area contributed by atoms with Crippen molar-refractivity contribution in [1.82, 2.24) is 5.32 Å². The summed E-state index contributed by atoms with van der Waals surface area (Å²) in [5, 5.41) is 2.84. The van der Waals surface area contributed by atoms with E-state index < -0.39 is 0 Å². The van der Waals surface area contributed by atoms with Gasteiger partial charge in [0.25, 0.3) is 5.91 Å². The molecule has 1 aromatic carbocycles. The van der Waals surface area contributed by atoms with E-state index in [2.05, 4.69) is 11.2 Å². The van der Waals surface area contributed by atoms with E-state index in [4.69, 9.17) is 20.6 Å². The van der Waals surface area contributed by atoms with Crippen LogP contribution in [0, 0.1) is 12.3 Å². The quantitative estimate of drug-likeness (QED) is 0.589. The lowest BCUT2D eigenvalue weighted by atomic mass is 10.1. The molecule has 5 nitrogen and oxygen atoms in total. The minimum absolute atomic E-state index is 0.214. The van der Waals surface area contributed by atoms with Crippen LogP contribution < -0.4 is 19.5 Å². The molecule has 0 bridgehead atoms. The third-order valence-electron chi connectivity index (χ3n) is 2.98. The smallest absolute Gasteiger partial charge is 0.255 e. The van der Waals surface area contributed by atoms with E-state index in [9.17, 15) is 4.79 Å². The number of amides is 1. The number of carbonyl (C=O) groups is 1. The molecular formula is C16H21NO4. The third kappa shape index (κ3) is 4.60. The number of nitrogens with one attached hydrogen (secondary N) is 1. The summed E-state index contributed by atoms with van der Waals surface area (Å²) in [7, 11) is 4.55. The Balaban J connectivity index is 2.80. The molecule has 0 radical (unpaired) electrons. The van der Waals surface area contributed by atoms with Gasteiger partial charge in [0, 0.05) is 25.1 Å². The van der Waals surface area contributed by atoms with Crippen LogP contribution in [-0.2, 0) is 0 Å². The van der Waals surface area contributed by atoms with Gasteiger partial charge in [0.05, 0.1) is 26.9 Å². The number of terminal acetylenes is 1. The van der Waals surface area contributed by atoms with Gasteiger partial charge in [-0.25, -0.2) is 0 Å². The summed E-state index contributed by atoms with van der Waals surface area (Å²) in [5.74, 6) is 3.79. The number of rotatable bonds is 8. The second-order valence-corrected chi connectivity index (χ2v) is 4.32. The fourth-order valence-electron chi connectivity index (χ4n) is 1.86. The molecule has 1 N–H and O–H groups in total. The molecule has 0 heterocycles. The molecule has 1 amide bonds. The van der Waals surface area contributed by atoms with Gasteiger partial charge in [-0.05, 0) is 12.8 Å². The van der Waals surface area contributed by atoms with Crippen LogP contribution in [0.3, 0.4) is 0 Å². The Morgan fingerprint density at radius 2 is 1.71 bits per heavy atom. The molecule has 114 valence electrons. The molecule has 0 aliphatic heterocycles. The Labute approximate surface area is 125 Å². The highest BCUT2D eigenvalue weighted by Gasteiger charge is 2.17. The van der Waals surface area contributed by atoms with Crippen LogP contribution in [0.5, 0.6) is 17.2 Å². The maximum absolute atomic E-state index is 12.2. The Morgan fingerprint density at radius 3 is 2.29 bits per heavy atom. The standard InChI is InChI=1S/C16H21NO4/c1-5-6-7-8-9-17-16(18)12-10-14(20-3)15(21-4)11-13(12)19-2/h1,10-11H,6-9H2,2-4H3,(H,17,18). The second-order valence-electron chi connectivity index (χ2n) is 4.32. The molecule has 0 atom stereocenters. The molecule has 21 heavy (non-hydrogen) atoms. The molecule has 0 saturated carbocycles. The largest absolute Gasteiger partial charge is 0.496 e. The highest BCUT2D eigenvalue weighted by molar-refractivity contribution is 5.97. The maximum Gasteiger partial charge on any atom is 0.255 e. The van der Waals surface area contributed by atoms with E-state index in [0.29, 0.717) is 29.4 Å². The summed E-state index contributed by atoms with van der Waals surface area (Å²) in [6.07, 6.45) is 7.62. The summed E-state index contributed by atoms with van der Waals surface area (Å²) in [6.45, 7) is 0.567. The van der Waals surface area contributed by atoms with Crippen LogP contribution >= 0.6 is 0 Å². The van der Waals surface area contributed by atoms with Crippen LogP contribution in [0.4, 0.5) is 0 Å². The number of methoxy groups -OCH3 is 3. The number of benzene rings is 1. The molecule has 0 spiro atoms. The lowest BCUT2D eigenvalue weighted by Gasteiger charge is -2.14. The van der Waals surface area contributed by atoms with Crippen LogP contribution in [-0.4, -0.2) is 33.8 Å². The molecule has 0 aliphatic rings. The topological polar surface area (TPSA) is 56.8 Å². The van der Waals surface area contributed by atoms with Crippen molar-refractivity contribution < 1.29 is 19.0 Å². The van der Waals surface area contributed by atoms with E-state index in [0.717, 1.165) is 19.3 Å². The van der Waals surface area contributed by atoms with Gasteiger partial charge >= 0.3 is 0 Å². The zero-order valence-electron chi connectivity index (χ0n) is 12.7. The van der Waals surface area contributed by atoms with E-state index in [1.807, 2.05) is 0 Å². The molecule has 0 saturated heterocycles. The highest BCUT2D eigenvalue weighted by Crippen LogP contribution is 2.34. The first-order chi connectivity index (χ1) is 10.2. The first-order valence-corrected chi connectivity index (χ1v) is 6.69. The maximum atomic E-state index is 12.2. The zero-order chi connectivity index (χ0) is 15.7. The van der Waals surface area contributed by atoms with E-state index in [-0.39, 0.29) is 5.91 Å². The van der Waals surface area contributed by atoms with Crippen molar-refractivity contribution in [2.24, 2.45) is 0 Å². The summed E-state index contributed by atoms with van der Waals surface area (Å²) in [5.41, 5.74) is 0.409. The summed E-state index contributed by atoms with van der Waals surface area (Å²) < 4.78 is 15.6. The summed E-state index contributed by atoms with van der Waals surface area (Å²) >= 11 is 0. The van der Waals surface area contributed by atoms with Crippen molar-refractivity contribution in [3.63, 3.8) is 0 Å². The van der Waals surface area contributed by atoms with Crippen molar-refractivity contribution in [3.8, 4) is 29.6 Å². The average molecular weight is 291 g/mol. The normalized spacial score (nSPS) is 9.62. The van der Waals surface area contributed by atoms with Gasteiger partial charge < -0.3 is 19.5 Å². The van der Waals surface area contributed by atoms with Gasteiger partial charge in [-0.2, -0.15) is 0 Å². The minimum Gasteiger partial charge on any atom is -0.496 e. The van der Waals surface area contributed by atoms with Crippen LogP contribution in [0.2, 0.25) is 0 Å². The van der Waals surface area contributed by atoms with Crippen molar-refractivity contribution in [3.05, 3.63) is 17.7 Å². The van der Waals surface area contributed by atoms with Crippen molar-refractivity contribution in [1.29, 1.82) is 0 Å². The molecular weight excluding hydrogens is 270 g/mol. The zero-order valence-corrected chi connectivity index (χ0v) is 12.7. The van der Waals surface area contributed by atoms with Crippen LogP contribution in [0.25, 0.3) is 0 Å². The first kappa shape index (κ1) is 16.7. The molecule has 0 unspecified atom stereocenters. The van der Waals surface area contributed by atoms with E-state index in [1.54, 1.807) is 12.1 Å². The predicted molar refractivity (Wildman–Crippen MR) is 81.1 cm³/mol. The van der Waals surface area contributed by atoms with Crippen LogP contribution in [0.15, 0.2) is 12.1 Å². The van der Waals surface area contributed by atoms with Gasteiger partial charge in [0.15, 0.2) is 11.5 Å². The average Bonchev–Trinajstić information content (AvgIpc) is 2.52. The number of ether oxygens (including phenoxy) is 3. The Hall–Kier alpha value is -2.35. The molecule has 0 aliphatic carbocycles. The molecule has 1 aromatic rings. The van der Waals surface area contributed by atoms with E-state index >= 15 is 0 Å². The van der Waals surface area contributed by atoms with Gasteiger partial charge in [-0.3, -0.25) is 4.79 Å². The van der Waals surface area contributed by atoms with Gasteiger partial charge in [-0.15, -0.1) is 12.3 Å². The number of hydrogen-bond donors (Lipinski definition) is 1. The lowest BCUT2D eigenvalue weighted by molar-refractivity contribution is 0.0949. The van der Waals surface area contributed by atoms with Gasteiger partial charge in [0.1, 0.15) is 5.75 Å². The van der Waals surface area contributed by atoms with Crippen molar-refractivity contribution in [2.75, 3.05) is 27.9 Å². The number of carbonyl (C=O) groups excluding carboxylic acids is 1. The fraction of sp³-hybridized carbons (Fsp3) is 0.438. The number of unbranched alkanes of at least 4 members (excludes halogenated alkanes) is 2. The molecule has 1 rings (SSSR count). The van der Waals surface area contributed by atoms with Crippen molar-refractivity contribution >= 4 is 5.91 Å². The Morgan fingerprint density at radius 1 is 1.10 bits per heavy atom. The Kier molecular flexibility index (Phi) is 6.96. The van der Waals surface area contributed by atoms with E-state index in [1.165, 1.54) is 21.3 Å². The van der Waals surface area contributed by atoms with Gasteiger partial charge in [0.2, 0.25) is 0 Å². The summed E-state index contributed by atoms with van der Waals surface area (Å²) in [6, 6.07) is 3.24. The van der Waals surface area contributed by atoms with Crippen LogP contribution in [0.1, 0.15) is 29.6 Å². The number of hydrogen-bond acceptors (Lipinski definition) is 4. The van der Waals surface area contributed by atoms with Crippen molar-refractivity contribution in [2.45, 2.75) is 19.3 Å². The SMILES string of the molecule is C#CCCCCNC(=O)c1cc(OC)c(OC)cc1OC. The molecule has 0 aromatic heterocycles. The summed E-state index contributed by atoms with van der Waals surface area (Å²) in [4.78, 5) is 12.2. The third-order valence-corrected chi connectivity index (χ3v) is 2.98. The fourth-order valence-corrected chi connectivity index (χ4v) is 1.86. The second kappa shape index (κ2) is 8.75. The highest BCUT2D eigenvalue weighted by atomic mass is 16.5. The molecule has 5 heteroatoms. The first-order valence-electron chi connectivity index (χ1n) is 6.69. The molecule has 0 fully saturated rings. The Bertz CT molecular complexity index is 520. The van der Waals surface area contributed by atoms with Gasteiger partial charge in [-0.1, -0.05) is 0 Å². The lowest BCUT2D eigenvalue weighted by Crippen LogP contribution is -2.25. The minimum atomic E-state index is -0.214.